The summed E-state index contributed by atoms with van der Waals surface area (Å²) in [6, 6.07) is 0. The number of anilines is 1. The van der Waals surface area contributed by atoms with Gasteiger partial charge in [-0.1, -0.05) is 18.3 Å². The Bertz CT molecular complexity index is 595. The molecule has 0 atom stereocenters. The van der Waals surface area contributed by atoms with Crippen LogP contribution < -0.4 is 5.32 Å². The number of carbonyl (C=O) groups is 1. The van der Waals surface area contributed by atoms with Crippen LogP contribution in [-0.2, 0) is 12.8 Å². The quantitative estimate of drug-likeness (QED) is 0.864. The van der Waals surface area contributed by atoms with Crippen molar-refractivity contribution >= 4 is 22.4 Å². The zero-order valence-electron chi connectivity index (χ0n) is 12.3. The van der Waals surface area contributed by atoms with Crippen LogP contribution in [0.5, 0.6) is 0 Å². The van der Waals surface area contributed by atoms with Crippen molar-refractivity contribution in [1.29, 1.82) is 0 Å². The molecule has 0 unspecified atom stereocenters. The van der Waals surface area contributed by atoms with Crippen molar-refractivity contribution < 1.29 is 4.79 Å². The van der Waals surface area contributed by atoms with Gasteiger partial charge in [0.1, 0.15) is 10.8 Å². The summed E-state index contributed by atoms with van der Waals surface area (Å²) >= 11 is 1.38. The number of aromatic nitrogens is 4. The molecule has 0 bridgehead atoms. The van der Waals surface area contributed by atoms with E-state index in [-0.39, 0.29) is 5.91 Å². The average Bonchev–Trinajstić information content (AvgIpc) is 2.92. The van der Waals surface area contributed by atoms with Gasteiger partial charge in [-0.15, -0.1) is 10.2 Å². The molecule has 0 aromatic carbocycles. The smallest absolute Gasteiger partial charge is 0.260 e. The van der Waals surface area contributed by atoms with Crippen molar-refractivity contribution in [2.24, 2.45) is 0 Å². The molecule has 112 valence electrons. The number of carbonyl (C=O) groups excluding carboxylic acids is 1. The predicted molar refractivity (Wildman–Crippen MR) is 81.5 cm³/mol. The summed E-state index contributed by atoms with van der Waals surface area (Å²) in [7, 11) is 4.01. The van der Waals surface area contributed by atoms with Crippen molar-refractivity contribution in [3.63, 3.8) is 0 Å². The van der Waals surface area contributed by atoms with Gasteiger partial charge in [0.25, 0.3) is 5.91 Å². The Morgan fingerprint density at radius 3 is 2.62 bits per heavy atom. The lowest BCUT2D eigenvalue weighted by molar-refractivity contribution is 0.102. The van der Waals surface area contributed by atoms with Crippen molar-refractivity contribution in [1.82, 2.24) is 25.1 Å². The third kappa shape index (κ3) is 4.54. The molecular weight excluding hydrogens is 288 g/mol. The van der Waals surface area contributed by atoms with Crippen LogP contribution in [0.1, 0.15) is 28.1 Å². The maximum atomic E-state index is 12.0. The number of hydrogen-bond acceptors (Lipinski definition) is 7. The van der Waals surface area contributed by atoms with E-state index in [0.29, 0.717) is 16.5 Å². The minimum atomic E-state index is -0.270. The Hall–Kier alpha value is -1.93. The topological polar surface area (TPSA) is 83.9 Å². The van der Waals surface area contributed by atoms with Gasteiger partial charge in [0, 0.05) is 31.8 Å². The normalized spacial score (nSPS) is 10.9. The van der Waals surface area contributed by atoms with Crippen molar-refractivity contribution in [3.05, 3.63) is 28.8 Å². The molecule has 2 aromatic heterocycles. The maximum Gasteiger partial charge on any atom is 0.260 e. The molecule has 8 heteroatoms. The predicted octanol–water partition coefficient (Wildman–Crippen LogP) is 1.25. The average molecular weight is 306 g/mol. The van der Waals surface area contributed by atoms with Crippen LogP contribution in [0.3, 0.4) is 0 Å². The van der Waals surface area contributed by atoms with Crippen LogP contribution in [0.2, 0.25) is 0 Å². The van der Waals surface area contributed by atoms with E-state index in [1.165, 1.54) is 23.7 Å². The van der Waals surface area contributed by atoms with Gasteiger partial charge in [0.05, 0.1) is 5.56 Å². The van der Waals surface area contributed by atoms with Gasteiger partial charge in [0.2, 0.25) is 5.13 Å². The number of likely N-dealkylation sites (N-methyl/N-ethyl adjacent to an activating group) is 1. The number of nitrogens with zero attached hydrogens (tertiary/aromatic N) is 5. The molecule has 0 fully saturated rings. The zero-order chi connectivity index (χ0) is 15.2. The third-order valence-electron chi connectivity index (χ3n) is 2.74. The SMILES string of the molecule is CCc1ncc(C(=O)Nc2nnc(CCN(C)C)s2)cn1. The summed E-state index contributed by atoms with van der Waals surface area (Å²) in [5.41, 5.74) is 0.414. The monoisotopic (exact) mass is 306 g/mol. The number of nitrogens with one attached hydrogen (secondary N) is 1. The summed E-state index contributed by atoms with van der Waals surface area (Å²) in [4.78, 5) is 22.3. The highest BCUT2D eigenvalue weighted by molar-refractivity contribution is 7.15. The molecule has 2 rings (SSSR count). The first kappa shape index (κ1) is 15.5. The van der Waals surface area contributed by atoms with Crippen LogP contribution in [0, 0.1) is 0 Å². The maximum absolute atomic E-state index is 12.0. The van der Waals surface area contributed by atoms with Crippen LogP contribution in [0.4, 0.5) is 5.13 Å². The van der Waals surface area contributed by atoms with E-state index < -0.39 is 0 Å². The molecule has 0 radical (unpaired) electrons. The number of aryl methyl sites for hydroxylation is 1. The summed E-state index contributed by atoms with van der Waals surface area (Å²) in [6.45, 7) is 2.86. The summed E-state index contributed by atoms with van der Waals surface area (Å²) in [5, 5.41) is 12.1. The molecule has 0 aliphatic rings. The Morgan fingerprint density at radius 1 is 1.29 bits per heavy atom. The second-order valence-corrected chi connectivity index (χ2v) is 5.81. The highest BCUT2D eigenvalue weighted by atomic mass is 32.1. The van der Waals surface area contributed by atoms with Crippen LogP contribution in [0.25, 0.3) is 0 Å². The molecule has 0 aliphatic heterocycles. The van der Waals surface area contributed by atoms with Gasteiger partial charge < -0.3 is 4.90 Å². The number of rotatable bonds is 6. The molecule has 0 aliphatic carbocycles. The standard InChI is InChI=1S/C13H18N6OS/c1-4-10-14-7-9(8-15-10)12(20)16-13-18-17-11(21-13)5-6-19(2)3/h7-8H,4-6H2,1-3H3,(H,16,18,20). The van der Waals surface area contributed by atoms with Gasteiger partial charge in [-0.2, -0.15) is 0 Å². The highest BCUT2D eigenvalue weighted by Gasteiger charge is 2.11. The Morgan fingerprint density at radius 2 is 2.00 bits per heavy atom. The first-order valence-electron chi connectivity index (χ1n) is 6.68. The van der Waals surface area contributed by atoms with Crippen molar-refractivity contribution in [2.75, 3.05) is 26.0 Å². The zero-order valence-corrected chi connectivity index (χ0v) is 13.1. The lowest BCUT2D eigenvalue weighted by Gasteiger charge is -2.05. The van der Waals surface area contributed by atoms with Crippen molar-refractivity contribution in [2.45, 2.75) is 19.8 Å². The van der Waals surface area contributed by atoms with Gasteiger partial charge in [-0.25, -0.2) is 9.97 Å². The Kier molecular flexibility index (Phi) is 5.29. The molecule has 1 N–H and O–H groups in total. The lowest BCUT2D eigenvalue weighted by atomic mass is 10.3. The van der Waals surface area contributed by atoms with E-state index >= 15 is 0 Å². The first-order chi connectivity index (χ1) is 10.1. The van der Waals surface area contributed by atoms with Crippen LogP contribution in [0.15, 0.2) is 12.4 Å². The molecule has 2 heterocycles. The minimum Gasteiger partial charge on any atom is -0.309 e. The van der Waals surface area contributed by atoms with E-state index in [0.717, 1.165) is 24.4 Å². The second-order valence-electron chi connectivity index (χ2n) is 4.75. The lowest BCUT2D eigenvalue weighted by Crippen LogP contribution is -2.14. The summed E-state index contributed by atoms with van der Waals surface area (Å²) in [6.07, 6.45) is 4.60. The third-order valence-corrected chi connectivity index (χ3v) is 3.64. The van der Waals surface area contributed by atoms with Gasteiger partial charge >= 0.3 is 0 Å². The number of hydrogen-bond donors (Lipinski definition) is 1. The molecule has 7 nitrogen and oxygen atoms in total. The highest BCUT2D eigenvalue weighted by Crippen LogP contribution is 2.16. The number of amides is 1. The van der Waals surface area contributed by atoms with Gasteiger partial charge in [-0.3, -0.25) is 10.1 Å². The fourth-order valence-corrected chi connectivity index (χ4v) is 2.27. The van der Waals surface area contributed by atoms with E-state index in [1.807, 2.05) is 21.0 Å². The molecule has 0 saturated heterocycles. The first-order valence-corrected chi connectivity index (χ1v) is 7.49. The second kappa shape index (κ2) is 7.19. The molecular formula is C13H18N6OS. The molecule has 21 heavy (non-hydrogen) atoms. The summed E-state index contributed by atoms with van der Waals surface area (Å²) < 4.78 is 0. The largest absolute Gasteiger partial charge is 0.309 e. The molecule has 2 aromatic rings. The van der Waals surface area contributed by atoms with Gasteiger partial charge in [0.15, 0.2) is 0 Å². The van der Waals surface area contributed by atoms with E-state index in [4.69, 9.17) is 0 Å². The molecule has 1 amide bonds. The fraction of sp³-hybridized carbons (Fsp3) is 0.462. The van der Waals surface area contributed by atoms with Crippen LogP contribution >= 0.6 is 11.3 Å². The summed E-state index contributed by atoms with van der Waals surface area (Å²) in [5.74, 6) is 0.446. The fourth-order valence-electron chi connectivity index (χ4n) is 1.55. The van der Waals surface area contributed by atoms with E-state index in [2.05, 4.69) is 30.4 Å². The van der Waals surface area contributed by atoms with Gasteiger partial charge in [-0.05, 0) is 14.1 Å². The molecule has 0 saturated carbocycles. The Labute approximate surface area is 127 Å². The molecule has 0 spiro atoms. The van der Waals surface area contributed by atoms with Crippen molar-refractivity contribution in [3.8, 4) is 0 Å². The van der Waals surface area contributed by atoms with E-state index in [9.17, 15) is 4.79 Å². The van der Waals surface area contributed by atoms with E-state index in [1.54, 1.807) is 0 Å². The Balaban J connectivity index is 1.95. The van der Waals surface area contributed by atoms with Crippen LogP contribution in [-0.4, -0.2) is 51.6 Å². The minimum absolute atomic E-state index is 0.270.